The van der Waals surface area contributed by atoms with Gasteiger partial charge in [-0.15, -0.1) is 0 Å². The van der Waals surface area contributed by atoms with Crippen molar-refractivity contribution >= 4 is 11.7 Å². The summed E-state index contributed by atoms with van der Waals surface area (Å²) in [6, 6.07) is 0. The van der Waals surface area contributed by atoms with Crippen molar-refractivity contribution in [3.63, 3.8) is 0 Å². The summed E-state index contributed by atoms with van der Waals surface area (Å²) >= 11 is 0. The number of fused-ring (bicyclic) bond motifs is 1. The van der Waals surface area contributed by atoms with Gasteiger partial charge in [0.15, 0.2) is 0 Å². The van der Waals surface area contributed by atoms with Crippen LogP contribution in [-0.4, -0.2) is 47.0 Å². The molecule has 130 valence electrons. The van der Waals surface area contributed by atoms with Gasteiger partial charge in [0.25, 0.3) is 0 Å². The highest BCUT2D eigenvalue weighted by molar-refractivity contribution is 5.77. The minimum absolute atomic E-state index is 0.400. The second-order valence-electron chi connectivity index (χ2n) is 7.99. The molecule has 1 saturated carbocycles. The van der Waals surface area contributed by atoms with Crippen LogP contribution in [0.1, 0.15) is 43.4 Å². The Hall–Kier alpha value is -1.65. The smallest absolute Gasteiger partial charge is 0.222 e. The molecule has 3 aliphatic rings. The number of nitrogens with zero attached hydrogens (tertiary/aromatic N) is 4. The zero-order valence-corrected chi connectivity index (χ0v) is 14.9. The van der Waals surface area contributed by atoms with Gasteiger partial charge in [0.2, 0.25) is 5.91 Å². The van der Waals surface area contributed by atoms with Gasteiger partial charge in [-0.05, 0) is 32.6 Å². The fourth-order valence-corrected chi connectivity index (χ4v) is 4.80. The molecule has 0 spiro atoms. The van der Waals surface area contributed by atoms with Crippen LogP contribution in [0.2, 0.25) is 0 Å². The summed E-state index contributed by atoms with van der Waals surface area (Å²) in [5.41, 5.74) is 2.25. The Morgan fingerprint density at radius 3 is 2.42 bits per heavy atom. The van der Waals surface area contributed by atoms with E-state index in [0.717, 1.165) is 44.1 Å². The number of carbonyl (C=O) groups is 1. The summed E-state index contributed by atoms with van der Waals surface area (Å²) in [6.45, 7) is 8.08. The minimum Gasteiger partial charge on any atom is -0.356 e. The van der Waals surface area contributed by atoms with E-state index >= 15 is 0 Å². The SMILES string of the molecule is Cc1ncnc(N2CC3CN(C(=O)CC4CCCC4)CC3C2)c1C. The van der Waals surface area contributed by atoms with Crippen molar-refractivity contribution in [1.29, 1.82) is 0 Å². The highest BCUT2D eigenvalue weighted by atomic mass is 16.2. The molecule has 1 aromatic rings. The van der Waals surface area contributed by atoms with Crippen LogP contribution in [-0.2, 0) is 4.79 Å². The molecular weight excluding hydrogens is 300 g/mol. The summed E-state index contributed by atoms with van der Waals surface area (Å²) in [4.78, 5) is 25.9. The molecule has 24 heavy (non-hydrogen) atoms. The van der Waals surface area contributed by atoms with Crippen LogP contribution < -0.4 is 4.90 Å². The zero-order valence-electron chi connectivity index (χ0n) is 14.9. The van der Waals surface area contributed by atoms with Crippen LogP contribution in [0.4, 0.5) is 5.82 Å². The van der Waals surface area contributed by atoms with Crippen molar-refractivity contribution in [2.24, 2.45) is 17.8 Å². The monoisotopic (exact) mass is 328 g/mol. The molecule has 0 radical (unpaired) electrons. The molecule has 3 fully saturated rings. The molecule has 5 nitrogen and oxygen atoms in total. The number of aryl methyl sites for hydroxylation is 1. The first-order chi connectivity index (χ1) is 11.6. The van der Waals surface area contributed by atoms with E-state index in [4.69, 9.17) is 0 Å². The molecule has 1 aromatic heterocycles. The average Bonchev–Trinajstić information content (AvgIpc) is 3.25. The maximum Gasteiger partial charge on any atom is 0.222 e. The molecule has 0 N–H and O–H groups in total. The minimum atomic E-state index is 0.400. The molecule has 5 heteroatoms. The highest BCUT2D eigenvalue weighted by Gasteiger charge is 2.42. The molecule has 2 saturated heterocycles. The average molecular weight is 328 g/mol. The van der Waals surface area contributed by atoms with Gasteiger partial charge in [-0.2, -0.15) is 0 Å². The van der Waals surface area contributed by atoms with Crippen molar-refractivity contribution in [3.05, 3.63) is 17.6 Å². The van der Waals surface area contributed by atoms with Gasteiger partial charge in [0, 0.05) is 55.7 Å². The lowest BCUT2D eigenvalue weighted by atomic mass is 10.0. The van der Waals surface area contributed by atoms with E-state index in [0.29, 0.717) is 23.7 Å². The Labute approximate surface area is 144 Å². The first-order valence-corrected chi connectivity index (χ1v) is 9.42. The van der Waals surface area contributed by atoms with Gasteiger partial charge in [0.05, 0.1) is 0 Å². The van der Waals surface area contributed by atoms with Gasteiger partial charge >= 0.3 is 0 Å². The molecule has 3 heterocycles. The molecule has 4 rings (SSSR count). The van der Waals surface area contributed by atoms with Gasteiger partial charge in [-0.25, -0.2) is 9.97 Å². The fourth-order valence-electron chi connectivity index (χ4n) is 4.80. The number of carbonyl (C=O) groups excluding carboxylic acids is 1. The zero-order chi connectivity index (χ0) is 16.7. The lowest BCUT2D eigenvalue weighted by Crippen LogP contribution is -2.34. The van der Waals surface area contributed by atoms with Crippen molar-refractivity contribution < 1.29 is 4.79 Å². The molecule has 0 bridgehead atoms. The topological polar surface area (TPSA) is 49.3 Å². The van der Waals surface area contributed by atoms with Crippen LogP contribution >= 0.6 is 0 Å². The lowest BCUT2D eigenvalue weighted by molar-refractivity contribution is -0.131. The third-order valence-corrected chi connectivity index (χ3v) is 6.39. The predicted molar refractivity (Wildman–Crippen MR) is 93.9 cm³/mol. The van der Waals surface area contributed by atoms with Crippen LogP contribution in [0.25, 0.3) is 0 Å². The first kappa shape index (κ1) is 15.9. The lowest BCUT2D eigenvalue weighted by Gasteiger charge is -2.24. The van der Waals surface area contributed by atoms with E-state index in [1.54, 1.807) is 6.33 Å². The predicted octanol–water partition coefficient (Wildman–Crippen LogP) is 2.57. The molecule has 1 amide bonds. The summed E-state index contributed by atoms with van der Waals surface area (Å²) in [5, 5.41) is 0. The summed E-state index contributed by atoms with van der Waals surface area (Å²) in [6.07, 6.45) is 7.60. The van der Waals surface area contributed by atoms with E-state index in [1.165, 1.54) is 31.2 Å². The third kappa shape index (κ3) is 2.89. The number of hydrogen-bond donors (Lipinski definition) is 0. The van der Waals surface area contributed by atoms with Crippen molar-refractivity contribution in [1.82, 2.24) is 14.9 Å². The van der Waals surface area contributed by atoms with Crippen LogP contribution in [0.15, 0.2) is 6.33 Å². The standard InChI is InChI=1S/C19H28N4O/c1-13-14(2)20-12-21-19(13)23-10-16-8-22(9-17(16)11-23)18(24)7-15-5-3-4-6-15/h12,15-17H,3-11H2,1-2H3. The number of rotatable bonds is 3. The van der Waals surface area contributed by atoms with Gasteiger partial charge in [-0.1, -0.05) is 12.8 Å². The summed E-state index contributed by atoms with van der Waals surface area (Å²) < 4.78 is 0. The van der Waals surface area contributed by atoms with E-state index in [9.17, 15) is 4.79 Å². The Kier molecular flexibility index (Phi) is 4.19. The molecule has 2 atom stereocenters. The Bertz CT molecular complexity index is 612. The Morgan fingerprint density at radius 1 is 1.08 bits per heavy atom. The fraction of sp³-hybridized carbons (Fsp3) is 0.737. The van der Waals surface area contributed by atoms with Gasteiger partial charge < -0.3 is 9.80 Å². The number of anilines is 1. The largest absolute Gasteiger partial charge is 0.356 e. The van der Waals surface area contributed by atoms with Crippen molar-refractivity contribution in [2.75, 3.05) is 31.1 Å². The Balaban J connectivity index is 1.36. The number of amides is 1. The first-order valence-electron chi connectivity index (χ1n) is 9.42. The second kappa shape index (κ2) is 6.34. The molecule has 0 aromatic carbocycles. The normalized spacial score (nSPS) is 27.1. The summed E-state index contributed by atoms with van der Waals surface area (Å²) in [5.74, 6) is 3.35. The van der Waals surface area contributed by atoms with E-state index < -0.39 is 0 Å². The molecule has 1 aliphatic carbocycles. The summed E-state index contributed by atoms with van der Waals surface area (Å²) in [7, 11) is 0. The quantitative estimate of drug-likeness (QED) is 0.856. The number of hydrogen-bond acceptors (Lipinski definition) is 4. The maximum atomic E-state index is 12.6. The molecule has 2 unspecified atom stereocenters. The van der Waals surface area contributed by atoms with E-state index in [2.05, 4.69) is 26.7 Å². The molecular formula is C19H28N4O. The highest BCUT2D eigenvalue weighted by Crippen LogP contribution is 2.36. The number of aromatic nitrogens is 2. The number of likely N-dealkylation sites (tertiary alicyclic amines) is 1. The van der Waals surface area contributed by atoms with E-state index in [1.807, 2.05) is 6.92 Å². The second-order valence-corrected chi connectivity index (χ2v) is 7.99. The van der Waals surface area contributed by atoms with Gasteiger partial charge in [0.1, 0.15) is 12.1 Å². The van der Waals surface area contributed by atoms with Crippen molar-refractivity contribution in [3.8, 4) is 0 Å². The van der Waals surface area contributed by atoms with Crippen molar-refractivity contribution in [2.45, 2.75) is 46.0 Å². The maximum absolute atomic E-state index is 12.6. The molecule has 2 aliphatic heterocycles. The van der Waals surface area contributed by atoms with Crippen LogP contribution in [0.5, 0.6) is 0 Å². The van der Waals surface area contributed by atoms with Gasteiger partial charge in [-0.3, -0.25) is 4.79 Å². The van der Waals surface area contributed by atoms with E-state index in [-0.39, 0.29) is 0 Å². The van der Waals surface area contributed by atoms with Crippen LogP contribution in [0.3, 0.4) is 0 Å². The third-order valence-electron chi connectivity index (χ3n) is 6.39. The Morgan fingerprint density at radius 2 is 1.75 bits per heavy atom. The van der Waals surface area contributed by atoms with Crippen LogP contribution in [0, 0.1) is 31.6 Å².